The number of hydrogen-bond acceptors (Lipinski definition) is 5. The fourth-order valence-electron chi connectivity index (χ4n) is 3.35. The molecule has 1 saturated heterocycles. The van der Waals surface area contributed by atoms with Gasteiger partial charge in [-0.3, -0.25) is 14.4 Å². The van der Waals surface area contributed by atoms with E-state index in [1.807, 2.05) is 11.8 Å². The van der Waals surface area contributed by atoms with Crippen LogP contribution in [0.4, 0.5) is 0 Å². The van der Waals surface area contributed by atoms with Gasteiger partial charge in [-0.15, -0.1) is 0 Å². The van der Waals surface area contributed by atoms with E-state index in [4.69, 9.17) is 15.3 Å². The first-order valence-corrected chi connectivity index (χ1v) is 11.4. The van der Waals surface area contributed by atoms with Crippen molar-refractivity contribution in [3.05, 3.63) is 0 Å². The van der Waals surface area contributed by atoms with Crippen LogP contribution in [0.25, 0.3) is 0 Å². The molecule has 1 aliphatic heterocycles. The van der Waals surface area contributed by atoms with Crippen molar-refractivity contribution in [3.63, 3.8) is 0 Å². The molecule has 1 heterocycles. The Bertz CT molecular complexity index is 470. The molecule has 7 nitrogen and oxygen atoms in total. The van der Waals surface area contributed by atoms with Crippen molar-refractivity contribution in [1.29, 1.82) is 0 Å². The zero-order valence-electron chi connectivity index (χ0n) is 19.7. The molecular formula is C23H44N2O5. The van der Waals surface area contributed by atoms with Crippen LogP contribution in [0.15, 0.2) is 0 Å². The van der Waals surface area contributed by atoms with Crippen LogP contribution in [-0.4, -0.2) is 56.1 Å². The average Bonchev–Trinajstić information content (AvgIpc) is 2.74. The lowest BCUT2D eigenvalue weighted by atomic mass is 9.90. The number of likely N-dealkylation sites (tertiary alicyclic amines) is 1. The first-order valence-electron chi connectivity index (χ1n) is 11.4. The summed E-state index contributed by atoms with van der Waals surface area (Å²) >= 11 is 0. The van der Waals surface area contributed by atoms with Gasteiger partial charge in [0.2, 0.25) is 11.8 Å². The molecule has 0 aromatic carbocycles. The molecule has 1 saturated carbocycles. The molecule has 176 valence electrons. The Balaban J connectivity index is 0.000000703. The highest BCUT2D eigenvalue weighted by atomic mass is 16.5. The smallest absolute Gasteiger partial charge is 0.292 e. The molecule has 2 aliphatic rings. The molecule has 2 amide bonds. The van der Waals surface area contributed by atoms with Gasteiger partial charge < -0.3 is 20.1 Å². The molecule has 0 aromatic heterocycles. The number of rotatable bonds is 7. The Hall–Kier alpha value is -1.63. The quantitative estimate of drug-likeness (QED) is 0.625. The summed E-state index contributed by atoms with van der Waals surface area (Å²) in [4.78, 5) is 33.1. The van der Waals surface area contributed by atoms with Gasteiger partial charge in [0.15, 0.2) is 0 Å². The predicted octanol–water partition coefficient (Wildman–Crippen LogP) is 3.54. The third kappa shape index (κ3) is 14.4. The van der Waals surface area contributed by atoms with Crippen molar-refractivity contribution in [1.82, 2.24) is 4.90 Å². The van der Waals surface area contributed by atoms with Gasteiger partial charge in [0.25, 0.3) is 6.47 Å². The first-order chi connectivity index (χ1) is 14.2. The summed E-state index contributed by atoms with van der Waals surface area (Å²) in [5.41, 5.74) is 4.80. The second-order valence-corrected chi connectivity index (χ2v) is 8.80. The first kappa shape index (κ1) is 28.4. The molecule has 2 N–H and O–H groups in total. The van der Waals surface area contributed by atoms with E-state index in [2.05, 4.69) is 11.7 Å². The summed E-state index contributed by atoms with van der Waals surface area (Å²) in [6, 6.07) is 0. The van der Waals surface area contributed by atoms with Crippen LogP contribution in [0.2, 0.25) is 0 Å². The maximum Gasteiger partial charge on any atom is 0.292 e. The Kier molecular flexibility index (Phi) is 16.2. The third-order valence-corrected chi connectivity index (χ3v) is 5.60. The predicted molar refractivity (Wildman–Crippen MR) is 119 cm³/mol. The fourth-order valence-corrected chi connectivity index (χ4v) is 3.35. The molecule has 1 aliphatic carbocycles. The molecular weight excluding hydrogens is 384 g/mol. The number of nitrogens with zero attached hydrogens (tertiary/aromatic N) is 1. The minimum Gasteiger partial charge on any atom is -0.471 e. The number of piperidine rings is 1. The molecule has 0 bridgehead atoms. The topological polar surface area (TPSA) is 98.9 Å². The Morgan fingerprint density at radius 3 is 2.00 bits per heavy atom. The fraction of sp³-hybridized carbons (Fsp3) is 0.870. The summed E-state index contributed by atoms with van der Waals surface area (Å²) in [6.07, 6.45) is 9.66. The largest absolute Gasteiger partial charge is 0.471 e. The second-order valence-electron chi connectivity index (χ2n) is 8.80. The van der Waals surface area contributed by atoms with Crippen molar-refractivity contribution in [2.75, 3.05) is 26.8 Å². The molecule has 0 spiro atoms. The molecule has 2 fully saturated rings. The Labute approximate surface area is 183 Å². The zero-order chi connectivity index (χ0) is 22.9. The number of ether oxygens (including phenoxy) is 2. The van der Waals surface area contributed by atoms with Gasteiger partial charge in [0, 0.05) is 25.6 Å². The molecule has 30 heavy (non-hydrogen) atoms. The van der Waals surface area contributed by atoms with E-state index in [9.17, 15) is 9.59 Å². The van der Waals surface area contributed by atoms with Gasteiger partial charge in [-0.1, -0.05) is 40.0 Å². The van der Waals surface area contributed by atoms with E-state index in [-0.39, 0.29) is 23.8 Å². The summed E-state index contributed by atoms with van der Waals surface area (Å²) in [5.74, 6) is 1.55. The van der Waals surface area contributed by atoms with E-state index >= 15 is 0 Å². The molecule has 1 atom stereocenters. The Morgan fingerprint density at radius 1 is 1.07 bits per heavy atom. The van der Waals surface area contributed by atoms with Crippen LogP contribution in [0.3, 0.4) is 0 Å². The van der Waals surface area contributed by atoms with Crippen LogP contribution in [0.1, 0.15) is 79.1 Å². The lowest BCUT2D eigenvalue weighted by Crippen LogP contribution is -2.39. The van der Waals surface area contributed by atoms with E-state index in [0.717, 1.165) is 44.4 Å². The van der Waals surface area contributed by atoms with Crippen molar-refractivity contribution < 1.29 is 23.9 Å². The maximum atomic E-state index is 12.2. The van der Waals surface area contributed by atoms with Gasteiger partial charge in [-0.25, -0.2) is 0 Å². The molecule has 0 radical (unpaired) electrons. The number of carbonyl (C=O) groups excluding carboxylic acids is 3. The minimum absolute atomic E-state index is 0.00926. The molecule has 2 rings (SSSR count). The summed E-state index contributed by atoms with van der Waals surface area (Å²) in [6.45, 7) is 11.0. The van der Waals surface area contributed by atoms with Crippen LogP contribution >= 0.6 is 0 Å². The SMILES string of the molecule is CC(C)C(N)=O.CC1CCN(C(=O)C[C@@H](C)OCC2CCCCC2)CC1.COC=O. The van der Waals surface area contributed by atoms with E-state index in [1.54, 1.807) is 13.8 Å². The van der Waals surface area contributed by atoms with Crippen molar-refractivity contribution in [3.8, 4) is 0 Å². The molecule has 0 unspecified atom stereocenters. The maximum absolute atomic E-state index is 12.2. The van der Waals surface area contributed by atoms with Crippen LogP contribution < -0.4 is 5.73 Å². The number of methoxy groups -OCH3 is 1. The number of primary amides is 1. The van der Waals surface area contributed by atoms with E-state index in [0.29, 0.717) is 12.9 Å². The third-order valence-electron chi connectivity index (χ3n) is 5.60. The average molecular weight is 429 g/mol. The summed E-state index contributed by atoms with van der Waals surface area (Å²) in [5, 5.41) is 0. The highest BCUT2D eigenvalue weighted by Gasteiger charge is 2.22. The van der Waals surface area contributed by atoms with Crippen molar-refractivity contribution in [2.24, 2.45) is 23.5 Å². The number of hydrogen-bond donors (Lipinski definition) is 1. The summed E-state index contributed by atoms with van der Waals surface area (Å²) in [7, 11) is 1.31. The van der Waals surface area contributed by atoms with Gasteiger partial charge >= 0.3 is 0 Å². The monoisotopic (exact) mass is 428 g/mol. The van der Waals surface area contributed by atoms with Gasteiger partial charge in [-0.05, 0) is 44.4 Å². The van der Waals surface area contributed by atoms with E-state index in [1.165, 1.54) is 39.2 Å². The number of amides is 2. The number of nitrogens with two attached hydrogens (primary N) is 1. The van der Waals surface area contributed by atoms with Crippen molar-refractivity contribution in [2.45, 2.75) is 85.2 Å². The van der Waals surface area contributed by atoms with Gasteiger partial charge in [0.1, 0.15) is 0 Å². The standard InChI is InChI=1S/C17H31NO2.C4H9NO.C2H4O2/c1-14-8-10-18(11-9-14)17(19)12-15(2)20-13-16-6-4-3-5-7-16;1-3(2)4(5)6;1-4-2-3/h14-16H,3-13H2,1-2H3;3H,1-2H3,(H2,5,6);2H,1H3/t15-;;/m1../s1. The van der Waals surface area contributed by atoms with Crippen LogP contribution in [0, 0.1) is 17.8 Å². The lowest BCUT2D eigenvalue weighted by Gasteiger charge is -2.31. The highest BCUT2D eigenvalue weighted by Crippen LogP contribution is 2.24. The van der Waals surface area contributed by atoms with E-state index < -0.39 is 0 Å². The second kappa shape index (κ2) is 17.1. The highest BCUT2D eigenvalue weighted by molar-refractivity contribution is 5.76. The number of carbonyl (C=O) groups is 3. The van der Waals surface area contributed by atoms with Crippen LogP contribution in [0.5, 0.6) is 0 Å². The van der Waals surface area contributed by atoms with Crippen LogP contribution in [-0.2, 0) is 23.9 Å². The lowest BCUT2D eigenvalue weighted by molar-refractivity contribution is -0.135. The Morgan fingerprint density at radius 2 is 1.57 bits per heavy atom. The minimum atomic E-state index is -0.241. The normalized spacial score (nSPS) is 18.4. The summed E-state index contributed by atoms with van der Waals surface area (Å²) < 4.78 is 9.78. The molecule has 0 aromatic rings. The van der Waals surface area contributed by atoms with Gasteiger partial charge in [-0.2, -0.15) is 0 Å². The zero-order valence-corrected chi connectivity index (χ0v) is 19.7. The van der Waals surface area contributed by atoms with Gasteiger partial charge in [0.05, 0.1) is 19.6 Å². The van der Waals surface area contributed by atoms with Crippen molar-refractivity contribution >= 4 is 18.3 Å². The molecule has 7 heteroatoms.